The number of aryl methyl sites for hydroxylation is 2. The van der Waals surface area contributed by atoms with Crippen molar-refractivity contribution in [2.75, 3.05) is 5.32 Å². The molecular weight excluding hydrogens is 344 g/mol. The molecule has 4 amide bonds. The number of aromatic nitrogens is 1. The molecule has 3 rings (SSSR count). The number of carbonyl (C=O) groups excluding carboxylic acids is 3. The average molecular weight is 362 g/mol. The molecule has 9 heteroatoms. The zero-order valence-electron chi connectivity index (χ0n) is 13.9. The highest BCUT2D eigenvalue weighted by Gasteiger charge is 2.38. The Balaban J connectivity index is 1.52. The van der Waals surface area contributed by atoms with Crippen molar-refractivity contribution in [3.8, 4) is 0 Å². The molecule has 2 N–H and O–H groups in total. The summed E-state index contributed by atoms with van der Waals surface area (Å²) in [4.78, 5) is 42.7. The average Bonchev–Trinajstić information content (AvgIpc) is 3.24. The second kappa shape index (κ2) is 7.06. The van der Waals surface area contributed by atoms with Crippen LogP contribution in [0.5, 0.6) is 0 Å². The lowest BCUT2D eigenvalue weighted by molar-refractivity contribution is -0.128. The predicted molar refractivity (Wildman–Crippen MR) is 91.0 cm³/mol. The number of urea groups is 1. The topological polar surface area (TPSA) is 105 Å². The van der Waals surface area contributed by atoms with E-state index in [-0.39, 0.29) is 31.2 Å². The van der Waals surface area contributed by atoms with Gasteiger partial charge in [-0.25, -0.2) is 9.78 Å². The van der Waals surface area contributed by atoms with Crippen LogP contribution in [0.4, 0.5) is 9.93 Å². The van der Waals surface area contributed by atoms with Gasteiger partial charge in [-0.05, 0) is 32.4 Å². The fourth-order valence-corrected chi connectivity index (χ4v) is 3.29. The largest absolute Gasteiger partial charge is 0.467 e. The van der Waals surface area contributed by atoms with Gasteiger partial charge < -0.3 is 15.1 Å². The minimum absolute atomic E-state index is 0.0814. The van der Waals surface area contributed by atoms with E-state index in [4.69, 9.17) is 4.42 Å². The summed E-state index contributed by atoms with van der Waals surface area (Å²) in [6.07, 6.45) is 1.83. The van der Waals surface area contributed by atoms with Crippen molar-refractivity contribution in [3.63, 3.8) is 0 Å². The van der Waals surface area contributed by atoms with Crippen molar-refractivity contribution >= 4 is 34.3 Å². The van der Waals surface area contributed by atoms with Crippen LogP contribution in [0.3, 0.4) is 0 Å². The maximum Gasteiger partial charge on any atom is 0.325 e. The number of nitrogens with one attached hydrogen (secondary N) is 2. The summed E-state index contributed by atoms with van der Waals surface area (Å²) in [7, 11) is 0. The van der Waals surface area contributed by atoms with Crippen LogP contribution in [0.15, 0.2) is 22.8 Å². The number of hydrogen-bond acceptors (Lipinski definition) is 6. The van der Waals surface area contributed by atoms with E-state index in [1.165, 1.54) is 17.6 Å². The Morgan fingerprint density at radius 2 is 2.24 bits per heavy atom. The number of rotatable bonds is 6. The van der Waals surface area contributed by atoms with Gasteiger partial charge in [-0.15, -0.1) is 11.3 Å². The number of anilines is 1. The van der Waals surface area contributed by atoms with Gasteiger partial charge >= 0.3 is 6.03 Å². The number of imide groups is 1. The lowest BCUT2D eigenvalue weighted by atomic mass is 10.1. The van der Waals surface area contributed by atoms with Gasteiger partial charge in [0.05, 0.1) is 18.5 Å². The number of carbonyl (C=O) groups is 3. The molecule has 25 heavy (non-hydrogen) atoms. The van der Waals surface area contributed by atoms with Crippen LogP contribution in [0.1, 0.15) is 29.2 Å². The van der Waals surface area contributed by atoms with Crippen LogP contribution in [0.25, 0.3) is 0 Å². The molecule has 2 aromatic heterocycles. The van der Waals surface area contributed by atoms with Gasteiger partial charge in [0, 0.05) is 11.3 Å². The van der Waals surface area contributed by atoms with Gasteiger partial charge in [-0.3, -0.25) is 14.5 Å². The van der Waals surface area contributed by atoms with Crippen molar-refractivity contribution in [1.29, 1.82) is 0 Å². The molecule has 0 spiro atoms. The van der Waals surface area contributed by atoms with Crippen molar-refractivity contribution < 1.29 is 18.8 Å². The molecule has 8 nitrogen and oxygen atoms in total. The highest BCUT2D eigenvalue weighted by Crippen LogP contribution is 2.21. The van der Waals surface area contributed by atoms with E-state index in [0.29, 0.717) is 10.9 Å². The summed E-state index contributed by atoms with van der Waals surface area (Å²) < 4.78 is 5.16. The number of nitrogens with zero attached hydrogens (tertiary/aromatic N) is 2. The summed E-state index contributed by atoms with van der Waals surface area (Å²) in [5.74, 6) is -0.0631. The van der Waals surface area contributed by atoms with Crippen LogP contribution >= 0.6 is 11.3 Å². The minimum Gasteiger partial charge on any atom is -0.467 e. The summed E-state index contributed by atoms with van der Waals surface area (Å²) in [5, 5.41) is 5.86. The first kappa shape index (κ1) is 17.2. The molecule has 0 unspecified atom stereocenters. The molecular formula is C16H18N4O4S. The van der Waals surface area contributed by atoms with Crippen LogP contribution in [0.2, 0.25) is 0 Å². The minimum atomic E-state index is -0.701. The van der Waals surface area contributed by atoms with Crippen molar-refractivity contribution in [2.45, 2.75) is 39.3 Å². The highest BCUT2D eigenvalue weighted by molar-refractivity contribution is 7.15. The van der Waals surface area contributed by atoms with Crippen LogP contribution in [-0.4, -0.2) is 33.8 Å². The zero-order valence-corrected chi connectivity index (χ0v) is 14.7. The first-order valence-electron chi connectivity index (χ1n) is 7.82. The molecule has 2 aromatic rings. The molecule has 1 saturated heterocycles. The lowest BCUT2D eigenvalue weighted by Gasteiger charge is -2.11. The summed E-state index contributed by atoms with van der Waals surface area (Å²) in [6.45, 7) is 3.89. The number of furan rings is 1. The summed E-state index contributed by atoms with van der Waals surface area (Å²) >= 11 is 1.41. The molecule has 0 aromatic carbocycles. The van der Waals surface area contributed by atoms with E-state index < -0.39 is 12.1 Å². The van der Waals surface area contributed by atoms with Crippen molar-refractivity contribution in [1.82, 2.24) is 15.2 Å². The molecule has 1 atom stereocenters. The van der Waals surface area contributed by atoms with E-state index in [9.17, 15) is 14.4 Å². The molecule has 0 aliphatic carbocycles. The molecule has 0 radical (unpaired) electrons. The van der Waals surface area contributed by atoms with Crippen molar-refractivity contribution in [3.05, 3.63) is 34.7 Å². The maximum absolute atomic E-state index is 12.3. The fraction of sp³-hybridized carbons (Fsp3) is 0.375. The van der Waals surface area contributed by atoms with Gasteiger partial charge in [-0.2, -0.15) is 0 Å². The van der Waals surface area contributed by atoms with E-state index in [2.05, 4.69) is 15.6 Å². The highest BCUT2D eigenvalue weighted by atomic mass is 32.1. The number of amides is 4. The van der Waals surface area contributed by atoms with E-state index in [0.717, 1.165) is 15.5 Å². The van der Waals surface area contributed by atoms with E-state index in [1.807, 2.05) is 13.8 Å². The second-order valence-electron chi connectivity index (χ2n) is 5.75. The predicted octanol–water partition coefficient (Wildman–Crippen LogP) is 2.19. The molecule has 3 heterocycles. The fourth-order valence-electron chi connectivity index (χ4n) is 2.46. The Hall–Kier alpha value is -2.68. The third-order valence-corrected chi connectivity index (χ3v) is 4.92. The lowest BCUT2D eigenvalue weighted by Crippen LogP contribution is -2.31. The molecule has 0 saturated carbocycles. The normalized spacial score (nSPS) is 17.0. The Labute approximate surface area is 148 Å². The smallest absolute Gasteiger partial charge is 0.325 e. The third kappa shape index (κ3) is 3.87. The molecule has 1 fully saturated rings. The molecule has 0 bridgehead atoms. The first-order chi connectivity index (χ1) is 11.9. The van der Waals surface area contributed by atoms with Crippen LogP contribution < -0.4 is 10.6 Å². The van der Waals surface area contributed by atoms with E-state index in [1.54, 1.807) is 12.1 Å². The third-order valence-electron chi connectivity index (χ3n) is 3.94. The monoisotopic (exact) mass is 362 g/mol. The van der Waals surface area contributed by atoms with Crippen LogP contribution in [-0.2, 0) is 16.1 Å². The second-order valence-corrected chi connectivity index (χ2v) is 6.96. The van der Waals surface area contributed by atoms with Crippen LogP contribution in [0, 0.1) is 13.8 Å². The molecule has 132 valence electrons. The zero-order chi connectivity index (χ0) is 18.0. The first-order valence-corrected chi connectivity index (χ1v) is 8.64. The Morgan fingerprint density at radius 1 is 1.44 bits per heavy atom. The number of hydrogen-bond donors (Lipinski definition) is 2. The Morgan fingerprint density at radius 3 is 2.88 bits per heavy atom. The standard InChI is InChI=1S/C16H18N4O4S/c1-9-10(2)25-15(17-9)19-13(21)6-5-12-14(22)20(16(23)18-12)8-11-4-3-7-24-11/h3-4,7,12H,5-6,8H2,1-2H3,(H,18,23)(H,17,19,21)/t12-/m0/s1. The van der Waals surface area contributed by atoms with Gasteiger partial charge in [0.2, 0.25) is 5.91 Å². The maximum atomic E-state index is 12.3. The Kier molecular flexibility index (Phi) is 4.84. The van der Waals surface area contributed by atoms with Gasteiger partial charge in [0.15, 0.2) is 5.13 Å². The molecule has 1 aliphatic rings. The SMILES string of the molecule is Cc1nc(NC(=O)CC[C@@H]2NC(=O)N(Cc3ccco3)C2=O)sc1C. The quantitative estimate of drug-likeness (QED) is 0.767. The van der Waals surface area contributed by atoms with Gasteiger partial charge in [0.1, 0.15) is 11.8 Å². The van der Waals surface area contributed by atoms with E-state index >= 15 is 0 Å². The Bertz CT molecular complexity index is 780. The molecule has 1 aliphatic heterocycles. The summed E-state index contributed by atoms with van der Waals surface area (Å²) in [5.41, 5.74) is 0.882. The number of thiazole rings is 1. The van der Waals surface area contributed by atoms with Gasteiger partial charge in [-0.1, -0.05) is 0 Å². The van der Waals surface area contributed by atoms with Crippen molar-refractivity contribution in [2.24, 2.45) is 0 Å². The summed E-state index contributed by atoms with van der Waals surface area (Å²) in [6, 6.07) is 2.21. The van der Waals surface area contributed by atoms with Gasteiger partial charge in [0.25, 0.3) is 5.91 Å².